The monoisotopic (exact) mass is 1740 g/mol. The van der Waals surface area contributed by atoms with Gasteiger partial charge in [-0.15, -0.1) is 0 Å². The molecule has 0 aliphatic carbocycles. The molecular weight excluding hydrogens is 1670 g/mol. The summed E-state index contributed by atoms with van der Waals surface area (Å²) in [5.41, 5.74) is 54.6. The van der Waals surface area contributed by atoms with Crippen LogP contribution >= 0.6 is 0 Å². The van der Waals surface area contributed by atoms with E-state index in [0.717, 1.165) is 0 Å². The van der Waals surface area contributed by atoms with Crippen molar-refractivity contribution in [2.75, 3.05) is 14.4 Å². The third kappa shape index (κ3) is 8.86. The van der Waals surface area contributed by atoms with E-state index in [1.54, 1.807) is 0 Å². The van der Waals surface area contributed by atoms with Gasteiger partial charge in [-0.25, -0.2) is 0 Å². The van der Waals surface area contributed by atoms with Crippen LogP contribution in [0.3, 0.4) is 0 Å². The number of anilines is 6. The van der Waals surface area contributed by atoms with Crippen LogP contribution in [0.1, 0.15) is 0 Å². The van der Waals surface area contributed by atoms with Gasteiger partial charge in [0, 0.05) is 166 Å². The first kappa shape index (κ1) is 72.6. The van der Waals surface area contributed by atoms with Crippen LogP contribution in [0.4, 0.5) is 34.1 Å². The Bertz CT molecular complexity index is 10200. The van der Waals surface area contributed by atoms with Crippen LogP contribution in [-0.2, 0) is 0 Å². The van der Waals surface area contributed by atoms with Crippen molar-refractivity contribution in [1.82, 2.24) is 27.4 Å². The second kappa shape index (κ2) is 26.1. The number of hydrogen-bond donors (Lipinski definition) is 0. The van der Waals surface area contributed by atoms with E-state index in [0.29, 0.717) is 0 Å². The van der Waals surface area contributed by atoms with E-state index < -0.39 is 0 Å². The minimum absolute atomic E-state index is 0.0991. The van der Waals surface area contributed by atoms with Gasteiger partial charge >= 0.3 is 20.5 Å². The lowest BCUT2D eigenvalue weighted by molar-refractivity contribution is 1.16. The average Bonchev–Trinajstić information content (AvgIpc) is 1.45. The van der Waals surface area contributed by atoms with E-state index in [2.05, 4.69) is 479 Å². The van der Waals surface area contributed by atoms with Gasteiger partial charge in [-0.05, 0) is 206 Å². The van der Waals surface area contributed by atoms with Crippen LogP contribution in [0.2, 0.25) is 0 Å². The van der Waals surface area contributed by atoms with Crippen molar-refractivity contribution < 1.29 is 0 Å². The maximum atomic E-state index is 2.62. The standard InChI is InChI=1S/3C42H24BN3/c1-2-11-25(12-3-1)44-34-17-7-4-15-28(34)32-23-39-33(24-38(32)44)31-22-21-30-27-14-6-9-19-36(27)46-35-18-8-5-13-26(35)29-16-10-20-37-40(29)43(46)41(30)42(31)45(37)39;1-2-11-25(12-3-1)44-34-17-7-4-15-28(34)32-23-33-31-22-21-30-27-14-6-9-19-36(27)46-35-18-8-5-13-26(35)29-16-10-20-37-40(29)43(46)41(30)42(31)45(37)39(33)24-38(32)44;1-2-11-25(12-3-1)44-33-17-7-4-15-28(33)31-23-24-36-38(41(31)44)32-22-21-30-27-14-6-9-19-35(27)46-34-18-8-5-13-26(34)29-16-10-20-37-39(29)43(46)40(30)42(32)45(36)37/h3*1-24H. The molecule has 138 heavy (non-hydrogen) atoms. The van der Waals surface area contributed by atoms with Crippen LogP contribution < -0.4 is 47.2 Å². The van der Waals surface area contributed by atoms with Crippen LogP contribution in [0.15, 0.2) is 437 Å². The van der Waals surface area contributed by atoms with Gasteiger partial charge in [0.25, 0.3) is 0 Å². The Morgan fingerprint density at radius 3 is 0.804 bits per heavy atom. The van der Waals surface area contributed by atoms with Crippen molar-refractivity contribution in [3.63, 3.8) is 0 Å². The largest absolute Gasteiger partial charge is 0.376 e. The Balaban J connectivity index is 0.0000000908. The Hall–Kier alpha value is -18.0. The predicted molar refractivity (Wildman–Crippen MR) is 579 cm³/mol. The molecule has 9 aliphatic heterocycles. The van der Waals surface area contributed by atoms with E-state index in [1.807, 2.05) is 0 Å². The normalized spacial score (nSPS) is 13.6. The van der Waals surface area contributed by atoms with Crippen molar-refractivity contribution in [2.24, 2.45) is 0 Å². The minimum Gasteiger partial charge on any atom is -0.376 e. The molecule has 9 nitrogen and oxygen atoms in total. The molecule has 0 N–H and O–H groups in total. The van der Waals surface area contributed by atoms with Crippen molar-refractivity contribution in [3.05, 3.63) is 437 Å². The molecule has 0 saturated heterocycles. The van der Waals surface area contributed by atoms with Gasteiger partial charge in [-0.2, -0.15) is 0 Å². The molecule has 630 valence electrons. The zero-order valence-corrected chi connectivity index (χ0v) is 74.3. The molecule has 0 amide bonds. The summed E-state index contributed by atoms with van der Waals surface area (Å²) in [4.78, 5) is 7.86. The van der Waals surface area contributed by atoms with Crippen molar-refractivity contribution >= 4 is 218 Å². The van der Waals surface area contributed by atoms with Crippen LogP contribution in [0.5, 0.6) is 0 Å². The number of nitrogens with zero attached hydrogens (tertiary/aromatic N) is 9. The van der Waals surface area contributed by atoms with Crippen LogP contribution in [-0.4, -0.2) is 47.9 Å². The number of rotatable bonds is 3. The summed E-state index contributed by atoms with van der Waals surface area (Å²) in [6, 6.07) is 162. The quantitative estimate of drug-likeness (QED) is 0.166. The van der Waals surface area contributed by atoms with E-state index in [4.69, 9.17) is 0 Å². The Morgan fingerprint density at radius 2 is 0.391 bits per heavy atom. The topological polar surface area (TPSA) is 39.3 Å². The molecule has 0 saturated carbocycles. The number of hydrogen-bond acceptors (Lipinski definition) is 3. The van der Waals surface area contributed by atoms with Crippen LogP contribution in [0.25, 0.3) is 232 Å². The molecule has 12 heteroatoms. The lowest BCUT2D eigenvalue weighted by Crippen LogP contribution is -2.62. The highest BCUT2D eigenvalue weighted by molar-refractivity contribution is 6.97. The van der Waals surface area contributed by atoms with E-state index >= 15 is 0 Å². The number of para-hydroxylation sites is 12. The van der Waals surface area contributed by atoms with E-state index in [-0.39, 0.29) is 20.5 Å². The third-order valence-electron chi connectivity index (χ3n) is 32.4. The van der Waals surface area contributed by atoms with E-state index in [1.165, 1.54) is 299 Å². The summed E-state index contributed by atoms with van der Waals surface area (Å²) >= 11 is 0. The summed E-state index contributed by atoms with van der Waals surface area (Å²) in [7, 11) is 0. The van der Waals surface area contributed by atoms with Gasteiger partial charge in [-0.1, -0.05) is 297 Å². The van der Waals surface area contributed by atoms with Gasteiger partial charge in [0.15, 0.2) is 0 Å². The first-order valence-corrected chi connectivity index (χ1v) is 48.2. The Morgan fingerprint density at radius 1 is 0.130 bits per heavy atom. The van der Waals surface area contributed by atoms with Gasteiger partial charge in [-0.3, -0.25) is 0 Å². The highest BCUT2D eigenvalue weighted by atomic mass is 15.1. The molecule has 9 aliphatic rings. The third-order valence-corrected chi connectivity index (χ3v) is 32.4. The molecule has 6 aromatic heterocycles. The fourth-order valence-corrected chi connectivity index (χ4v) is 27.4. The first-order chi connectivity index (χ1) is 68.6. The van der Waals surface area contributed by atoms with Gasteiger partial charge < -0.3 is 41.8 Å². The van der Waals surface area contributed by atoms with Crippen molar-refractivity contribution in [3.8, 4) is 101 Å². The molecular formula is C126H72B3N9. The lowest BCUT2D eigenvalue weighted by Gasteiger charge is -2.46. The van der Waals surface area contributed by atoms with Crippen LogP contribution in [0, 0.1) is 0 Å². The van der Waals surface area contributed by atoms with E-state index in [9.17, 15) is 0 Å². The van der Waals surface area contributed by atoms with Gasteiger partial charge in [0.05, 0.1) is 66.2 Å². The molecule has 21 aromatic carbocycles. The summed E-state index contributed by atoms with van der Waals surface area (Å²) in [5, 5.41) is 15.6. The predicted octanol–water partition coefficient (Wildman–Crippen LogP) is 27.3. The van der Waals surface area contributed by atoms with Crippen molar-refractivity contribution in [1.29, 1.82) is 0 Å². The fourth-order valence-electron chi connectivity index (χ4n) is 27.4. The summed E-state index contributed by atoms with van der Waals surface area (Å²) in [5.74, 6) is 0. The SMILES string of the molecule is c1ccc(-n2c3ccccc3c3cc4c(cc32)c2ccc3c5c2n4-c2cccc4c2B5N(c2ccccc2-4)c2ccccc2-3)cc1.c1ccc(-n2c3ccccc3c3cc4c5ccc6c7c5n(c4cc32)-c2cccc3c2B7N(c2ccccc2-3)c2ccccc2-6)cc1.c1ccc(-n2c3ccccc3c3ccc4c(c5ccc6c7c5n4-c4cccc5c4B7N(c4ccccc4-5)c4ccccc4-6)c32)cc1. The first-order valence-electron chi connectivity index (χ1n) is 48.2. The molecule has 15 heterocycles. The molecule has 0 radical (unpaired) electrons. The maximum Gasteiger partial charge on any atom is 0.333 e. The van der Waals surface area contributed by atoms with Gasteiger partial charge in [0.1, 0.15) is 0 Å². The zero-order valence-electron chi connectivity index (χ0n) is 74.3. The molecule has 0 fully saturated rings. The second-order valence-electron chi connectivity index (χ2n) is 38.6. The Kier molecular flexibility index (Phi) is 13.7. The molecule has 27 aromatic rings. The number of fused-ring (bicyclic) bond motifs is 40. The average molecular weight is 1740 g/mol. The second-order valence-corrected chi connectivity index (χ2v) is 38.6. The molecule has 0 bridgehead atoms. The summed E-state index contributed by atoms with van der Waals surface area (Å²) in [6.07, 6.45) is 0. The van der Waals surface area contributed by atoms with Gasteiger partial charge in [0.2, 0.25) is 0 Å². The lowest BCUT2D eigenvalue weighted by atomic mass is 9.41. The fraction of sp³-hybridized carbons (Fsp3) is 0. The number of benzene rings is 21. The Labute approximate surface area is 792 Å². The molecule has 0 spiro atoms. The summed E-state index contributed by atoms with van der Waals surface area (Å²) < 4.78 is 15.1. The minimum atomic E-state index is 0.0991. The smallest absolute Gasteiger partial charge is 0.333 e. The maximum absolute atomic E-state index is 2.62. The van der Waals surface area contributed by atoms with Crippen molar-refractivity contribution in [2.45, 2.75) is 0 Å². The molecule has 36 rings (SSSR count). The highest BCUT2D eigenvalue weighted by Gasteiger charge is 2.52. The molecule has 0 atom stereocenters. The highest BCUT2D eigenvalue weighted by Crippen LogP contribution is 2.57. The number of aromatic nitrogens is 6. The summed E-state index contributed by atoms with van der Waals surface area (Å²) in [6.45, 7) is 0.321. The zero-order chi connectivity index (χ0) is 89.0. The molecule has 0 unspecified atom stereocenters.